The molecule has 0 fully saturated rings. The van der Waals surface area contributed by atoms with E-state index in [1.165, 1.54) is 0 Å². The molecular weight excluding hydrogens is 224 g/mol. The molecule has 2 N–H and O–H groups in total. The van der Waals surface area contributed by atoms with Gasteiger partial charge < -0.3 is 10.6 Å². The number of aryl methyl sites for hydroxylation is 1. The lowest BCUT2D eigenvalue weighted by Gasteiger charge is -2.09. The van der Waals surface area contributed by atoms with Crippen LogP contribution in [0.4, 0.5) is 5.82 Å². The number of nitrogens with zero attached hydrogens (tertiary/aromatic N) is 2. The molecule has 1 aromatic rings. The predicted octanol–water partition coefficient (Wildman–Crippen LogP) is 1.94. The summed E-state index contributed by atoms with van der Waals surface area (Å²) in [5.41, 5.74) is 1.21. The highest BCUT2D eigenvalue weighted by molar-refractivity contribution is 6.33. The second-order valence-corrected chi connectivity index (χ2v) is 3.75. The molecule has 86 valence electrons. The van der Waals surface area contributed by atoms with E-state index >= 15 is 0 Å². The van der Waals surface area contributed by atoms with Crippen molar-refractivity contribution in [1.82, 2.24) is 10.3 Å². The first kappa shape index (κ1) is 12.8. The van der Waals surface area contributed by atoms with E-state index in [2.05, 4.69) is 28.6 Å². The van der Waals surface area contributed by atoms with E-state index in [1.807, 2.05) is 0 Å². The van der Waals surface area contributed by atoms with Gasteiger partial charge in [-0.05, 0) is 19.5 Å². The number of aromatic nitrogens is 1. The van der Waals surface area contributed by atoms with Gasteiger partial charge in [0.1, 0.15) is 11.9 Å². The molecular formula is C11H15ClN4. The fourth-order valence-corrected chi connectivity index (χ4v) is 1.48. The number of anilines is 1. The summed E-state index contributed by atoms with van der Waals surface area (Å²) >= 11 is 6.00. The molecule has 5 heteroatoms. The Kier molecular flexibility index (Phi) is 5.03. The molecule has 0 aliphatic rings. The first-order valence-electron chi connectivity index (χ1n) is 5.20. The Bertz CT molecular complexity index is 398. The van der Waals surface area contributed by atoms with Gasteiger partial charge >= 0.3 is 0 Å². The maximum absolute atomic E-state index is 8.80. The first-order valence-corrected chi connectivity index (χ1v) is 5.58. The van der Waals surface area contributed by atoms with Crippen molar-refractivity contribution in [3.8, 4) is 6.07 Å². The SMILES string of the molecule is CCNCCNc1nc(C)c(C#N)cc1Cl. The molecule has 0 radical (unpaired) electrons. The van der Waals surface area contributed by atoms with Gasteiger partial charge in [-0.2, -0.15) is 5.26 Å². The van der Waals surface area contributed by atoms with Gasteiger partial charge in [0, 0.05) is 13.1 Å². The molecule has 0 aliphatic heterocycles. The summed E-state index contributed by atoms with van der Waals surface area (Å²) in [5, 5.41) is 15.6. The summed E-state index contributed by atoms with van der Waals surface area (Å²) in [6.07, 6.45) is 0. The van der Waals surface area contributed by atoms with E-state index in [-0.39, 0.29) is 0 Å². The van der Waals surface area contributed by atoms with E-state index in [0.717, 1.165) is 19.6 Å². The topological polar surface area (TPSA) is 60.7 Å². The van der Waals surface area contributed by atoms with Gasteiger partial charge in [0.05, 0.1) is 16.3 Å². The third kappa shape index (κ3) is 3.37. The zero-order valence-corrected chi connectivity index (χ0v) is 10.2. The van der Waals surface area contributed by atoms with Crippen molar-refractivity contribution in [2.45, 2.75) is 13.8 Å². The largest absolute Gasteiger partial charge is 0.368 e. The molecule has 0 aliphatic carbocycles. The lowest BCUT2D eigenvalue weighted by Crippen LogP contribution is -2.22. The number of rotatable bonds is 5. The van der Waals surface area contributed by atoms with Gasteiger partial charge in [-0.25, -0.2) is 4.98 Å². The van der Waals surface area contributed by atoms with Crippen LogP contribution in [0.25, 0.3) is 0 Å². The van der Waals surface area contributed by atoms with Crippen molar-refractivity contribution in [2.24, 2.45) is 0 Å². The molecule has 16 heavy (non-hydrogen) atoms. The molecule has 0 aromatic carbocycles. The molecule has 1 rings (SSSR count). The Morgan fingerprint density at radius 1 is 1.50 bits per heavy atom. The van der Waals surface area contributed by atoms with Crippen LogP contribution >= 0.6 is 11.6 Å². The molecule has 0 spiro atoms. The van der Waals surface area contributed by atoms with E-state index in [9.17, 15) is 0 Å². The molecule has 0 bridgehead atoms. The van der Waals surface area contributed by atoms with Gasteiger partial charge in [0.25, 0.3) is 0 Å². The van der Waals surface area contributed by atoms with E-state index in [0.29, 0.717) is 22.1 Å². The minimum Gasteiger partial charge on any atom is -0.368 e. The summed E-state index contributed by atoms with van der Waals surface area (Å²) in [5.74, 6) is 0.635. The Labute approximate surface area is 101 Å². The second kappa shape index (κ2) is 6.31. The number of hydrogen-bond acceptors (Lipinski definition) is 4. The van der Waals surface area contributed by atoms with Crippen LogP contribution in [0.5, 0.6) is 0 Å². The fourth-order valence-electron chi connectivity index (χ4n) is 1.26. The monoisotopic (exact) mass is 238 g/mol. The number of pyridine rings is 1. The zero-order chi connectivity index (χ0) is 12.0. The third-order valence-corrected chi connectivity index (χ3v) is 2.42. The smallest absolute Gasteiger partial charge is 0.145 e. The van der Waals surface area contributed by atoms with Crippen LogP contribution in [0, 0.1) is 18.3 Å². The van der Waals surface area contributed by atoms with Crippen molar-refractivity contribution in [2.75, 3.05) is 25.0 Å². The Balaban J connectivity index is 2.67. The average molecular weight is 239 g/mol. The van der Waals surface area contributed by atoms with Crippen molar-refractivity contribution in [3.05, 3.63) is 22.3 Å². The Morgan fingerprint density at radius 3 is 2.88 bits per heavy atom. The van der Waals surface area contributed by atoms with Crippen LogP contribution in [0.2, 0.25) is 5.02 Å². The Morgan fingerprint density at radius 2 is 2.25 bits per heavy atom. The van der Waals surface area contributed by atoms with Crippen molar-refractivity contribution >= 4 is 17.4 Å². The van der Waals surface area contributed by atoms with Crippen LogP contribution in [0.1, 0.15) is 18.2 Å². The van der Waals surface area contributed by atoms with Crippen LogP contribution in [0.3, 0.4) is 0 Å². The average Bonchev–Trinajstić information content (AvgIpc) is 2.28. The molecule has 1 heterocycles. The molecule has 0 atom stereocenters. The predicted molar refractivity (Wildman–Crippen MR) is 65.7 cm³/mol. The van der Waals surface area contributed by atoms with Crippen molar-refractivity contribution in [3.63, 3.8) is 0 Å². The molecule has 4 nitrogen and oxygen atoms in total. The van der Waals surface area contributed by atoms with Gasteiger partial charge in [0.2, 0.25) is 0 Å². The number of likely N-dealkylation sites (N-methyl/N-ethyl adjacent to an activating group) is 1. The molecule has 1 aromatic heterocycles. The first-order chi connectivity index (χ1) is 7.69. The van der Waals surface area contributed by atoms with Crippen LogP contribution in [-0.4, -0.2) is 24.6 Å². The summed E-state index contributed by atoms with van der Waals surface area (Å²) in [7, 11) is 0. The van der Waals surface area contributed by atoms with Gasteiger partial charge in [-0.3, -0.25) is 0 Å². The zero-order valence-electron chi connectivity index (χ0n) is 9.47. The highest BCUT2D eigenvalue weighted by atomic mass is 35.5. The maximum Gasteiger partial charge on any atom is 0.145 e. The van der Waals surface area contributed by atoms with Crippen LogP contribution < -0.4 is 10.6 Å². The van der Waals surface area contributed by atoms with Gasteiger partial charge in [-0.1, -0.05) is 18.5 Å². The molecule has 0 saturated carbocycles. The summed E-state index contributed by atoms with van der Waals surface area (Å²) < 4.78 is 0. The number of nitriles is 1. The highest BCUT2D eigenvalue weighted by Crippen LogP contribution is 2.21. The number of hydrogen-bond donors (Lipinski definition) is 2. The van der Waals surface area contributed by atoms with Crippen LogP contribution in [-0.2, 0) is 0 Å². The van der Waals surface area contributed by atoms with Gasteiger partial charge in [0.15, 0.2) is 0 Å². The fraction of sp³-hybridized carbons (Fsp3) is 0.455. The molecule has 0 saturated heterocycles. The molecule has 0 unspecified atom stereocenters. The van der Waals surface area contributed by atoms with E-state index in [4.69, 9.17) is 16.9 Å². The summed E-state index contributed by atoms with van der Waals surface area (Å²) in [6, 6.07) is 3.69. The lowest BCUT2D eigenvalue weighted by atomic mass is 10.2. The number of halogens is 1. The van der Waals surface area contributed by atoms with E-state index < -0.39 is 0 Å². The number of nitrogens with one attached hydrogen (secondary N) is 2. The van der Waals surface area contributed by atoms with Crippen molar-refractivity contribution < 1.29 is 0 Å². The van der Waals surface area contributed by atoms with E-state index in [1.54, 1.807) is 13.0 Å². The standard InChI is InChI=1S/C11H15ClN4/c1-3-14-4-5-15-11-10(12)6-9(7-13)8(2)16-11/h6,14H,3-5H2,1-2H3,(H,15,16). The summed E-state index contributed by atoms with van der Waals surface area (Å²) in [4.78, 5) is 4.25. The Hall–Kier alpha value is -1.31. The highest BCUT2D eigenvalue weighted by Gasteiger charge is 2.06. The van der Waals surface area contributed by atoms with Gasteiger partial charge in [-0.15, -0.1) is 0 Å². The summed E-state index contributed by atoms with van der Waals surface area (Å²) in [6.45, 7) is 6.40. The minimum absolute atomic E-state index is 0.485. The van der Waals surface area contributed by atoms with Crippen LogP contribution in [0.15, 0.2) is 6.07 Å². The second-order valence-electron chi connectivity index (χ2n) is 3.34. The maximum atomic E-state index is 8.80. The normalized spacial score (nSPS) is 9.88. The quantitative estimate of drug-likeness (QED) is 0.770. The van der Waals surface area contributed by atoms with Crippen molar-refractivity contribution in [1.29, 1.82) is 5.26 Å². The third-order valence-electron chi connectivity index (χ3n) is 2.13. The minimum atomic E-state index is 0.485. The molecule has 0 amide bonds. The lowest BCUT2D eigenvalue weighted by molar-refractivity contribution is 0.737.